The fraction of sp³-hybridized carbons (Fsp3) is 0.300. The molecule has 0 fully saturated rings. The van der Waals surface area contributed by atoms with Crippen LogP contribution in [-0.2, 0) is 27.5 Å². The fourth-order valence-electron chi connectivity index (χ4n) is 2.93. The Morgan fingerprint density at radius 3 is 2.77 bits per heavy atom. The highest BCUT2D eigenvalue weighted by molar-refractivity contribution is 5.94. The monoisotopic (exact) mass is 436 g/mol. The predicted octanol–water partition coefficient (Wildman–Crippen LogP) is 2.99. The number of hydrogen-bond acceptors (Lipinski definition) is 7. The minimum atomic E-state index is -0.982. The molecular formula is C20H18F2N2O7. The van der Waals surface area contributed by atoms with Crippen LogP contribution in [-0.4, -0.2) is 30.1 Å². The van der Waals surface area contributed by atoms with Crippen LogP contribution < -0.4 is 10.1 Å². The first-order valence-electron chi connectivity index (χ1n) is 9.24. The molecule has 0 saturated carbocycles. The van der Waals surface area contributed by atoms with Gasteiger partial charge in [-0.3, -0.25) is 19.7 Å². The van der Waals surface area contributed by atoms with E-state index in [1.807, 2.05) is 0 Å². The number of nitro benzene ring substituents is 1. The van der Waals surface area contributed by atoms with Crippen LogP contribution in [0.1, 0.15) is 34.3 Å². The number of nitro groups is 1. The number of esters is 1. The summed E-state index contributed by atoms with van der Waals surface area (Å²) < 4.78 is 42.1. The normalized spacial score (nSPS) is 12.5. The maximum absolute atomic E-state index is 13.6. The molecule has 1 aliphatic rings. The van der Waals surface area contributed by atoms with Crippen molar-refractivity contribution in [3.63, 3.8) is 0 Å². The van der Waals surface area contributed by atoms with Crippen molar-refractivity contribution in [3.8, 4) is 5.75 Å². The number of fused-ring (bicyclic) bond motifs is 1. The molecule has 9 nitrogen and oxygen atoms in total. The Labute approximate surface area is 175 Å². The van der Waals surface area contributed by atoms with Crippen LogP contribution >= 0.6 is 0 Å². The van der Waals surface area contributed by atoms with E-state index in [2.05, 4.69) is 5.32 Å². The number of hydrogen-bond donors (Lipinski definition) is 1. The van der Waals surface area contributed by atoms with Gasteiger partial charge in [0.1, 0.15) is 24.0 Å². The number of rotatable bonds is 8. The predicted molar refractivity (Wildman–Crippen MR) is 101 cm³/mol. The fourth-order valence-corrected chi connectivity index (χ4v) is 2.93. The molecule has 0 spiro atoms. The zero-order valence-electron chi connectivity index (χ0n) is 16.2. The molecular weight excluding hydrogens is 418 g/mol. The van der Waals surface area contributed by atoms with Gasteiger partial charge in [-0.1, -0.05) is 0 Å². The molecule has 31 heavy (non-hydrogen) atoms. The van der Waals surface area contributed by atoms with E-state index in [1.165, 1.54) is 12.1 Å². The first kappa shape index (κ1) is 22.1. The van der Waals surface area contributed by atoms with Gasteiger partial charge in [0.05, 0.1) is 17.1 Å². The SMILES string of the molecule is O=C(CCCNC(=O)c1ccc(F)cc1F)OCc1cc([N+](=O)[O-])cc2c1OCOC2. The molecule has 1 amide bonds. The molecule has 3 rings (SSSR count). The number of amides is 1. The van der Waals surface area contributed by atoms with E-state index in [0.29, 0.717) is 22.9 Å². The number of carbonyl (C=O) groups is 2. The summed E-state index contributed by atoms with van der Waals surface area (Å²) in [6.07, 6.45) is 0.165. The molecule has 1 aliphatic heterocycles. The third-order valence-electron chi connectivity index (χ3n) is 4.39. The molecule has 0 aliphatic carbocycles. The second-order valence-electron chi connectivity index (χ2n) is 6.61. The quantitative estimate of drug-likeness (QED) is 0.293. The second-order valence-corrected chi connectivity index (χ2v) is 6.61. The van der Waals surface area contributed by atoms with E-state index < -0.39 is 28.4 Å². The van der Waals surface area contributed by atoms with Gasteiger partial charge in [-0.15, -0.1) is 0 Å². The lowest BCUT2D eigenvalue weighted by Gasteiger charge is -2.20. The summed E-state index contributed by atoms with van der Waals surface area (Å²) in [6, 6.07) is 5.22. The van der Waals surface area contributed by atoms with Crippen LogP contribution in [0.2, 0.25) is 0 Å². The highest BCUT2D eigenvalue weighted by Crippen LogP contribution is 2.33. The Bertz CT molecular complexity index is 1010. The number of nitrogens with zero attached hydrogens (tertiary/aromatic N) is 1. The van der Waals surface area contributed by atoms with Crippen molar-refractivity contribution in [2.45, 2.75) is 26.1 Å². The van der Waals surface area contributed by atoms with Crippen LogP contribution in [0.15, 0.2) is 30.3 Å². The Balaban J connectivity index is 1.48. The van der Waals surface area contributed by atoms with E-state index in [-0.39, 0.29) is 50.6 Å². The molecule has 0 atom stereocenters. The second kappa shape index (κ2) is 9.94. The molecule has 11 heteroatoms. The van der Waals surface area contributed by atoms with Crippen molar-refractivity contribution in [2.75, 3.05) is 13.3 Å². The number of nitrogens with one attached hydrogen (secondary N) is 1. The van der Waals surface area contributed by atoms with E-state index in [0.717, 1.165) is 12.1 Å². The van der Waals surface area contributed by atoms with Crippen molar-refractivity contribution in [1.29, 1.82) is 0 Å². The molecule has 0 radical (unpaired) electrons. The van der Waals surface area contributed by atoms with Gasteiger partial charge in [-0.2, -0.15) is 0 Å². The minimum absolute atomic E-state index is 0.0138. The zero-order chi connectivity index (χ0) is 22.4. The first-order valence-corrected chi connectivity index (χ1v) is 9.24. The maximum atomic E-state index is 13.6. The van der Waals surface area contributed by atoms with Crippen LogP contribution in [0.5, 0.6) is 5.75 Å². The topological polar surface area (TPSA) is 117 Å². The van der Waals surface area contributed by atoms with E-state index in [9.17, 15) is 28.5 Å². The molecule has 0 bridgehead atoms. The molecule has 164 valence electrons. The van der Waals surface area contributed by atoms with Crippen LogP contribution in [0.25, 0.3) is 0 Å². The highest BCUT2D eigenvalue weighted by Gasteiger charge is 2.22. The van der Waals surface area contributed by atoms with Gasteiger partial charge < -0.3 is 19.5 Å². The minimum Gasteiger partial charge on any atom is -0.467 e. The lowest BCUT2D eigenvalue weighted by atomic mass is 10.1. The third-order valence-corrected chi connectivity index (χ3v) is 4.39. The molecule has 1 heterocycles. The summed E-state index contributed by atoms with van der Waals surface area (Å²) in [7, 11) is 0. The standard InChI is InChI=1S/C20H18F2N2O7/c21-14-3-4-16(17(22)8-14)20(26)23-5-1-2-18(25)30-10-13-7-15(24(27)28)6-12-9-29-11-31-19(12)13/h3-4,6-8H,1-2,5,9-11H2,(H,23,26). The number of benzene rings is 2. The summed E-state index contributed by atoms with van der Waals surface area (Å²) >= 11 is 0. The van der Waals surface area contributed by atoms with Crippen molar-refractivity contribution in [1.82, 2.24) is 5.32 Å². The van der Waals surface area contributed by atoms with Crippen LogP contribution in [0.3, 0.4) is 0 Å². The number of halogens is 2. The van der Waals surface area contributed by atoms with Gasteiger partial charge >= 0.3 is 5.97 Å². The van der Waals surface area contributed by atoms with Crippen LogP contribution in [0.4, 0.5) is 14.5 Å². The average Bonchev–Trinajstić information content (AvgIpc) is 2.74. The van der Waals surface area contributed by atoms with Crippen molar-refractivity contribution in [3.05, 3.63) is 68.8 Å². The van der Waals surface area contributed by atoms with Gasteiger partial charge in [0.2, 0.25) is 0 Å². The summed E-state index contributed by atoms with van der Waals surface area (Å²) in [5, 5.41) is 13.5. The summed E-state index contributed by atoms with van der Waals surface area (Å²) in [6.45, 7) is -0.0280. The van der Waals surface area contributed by atoms with E-state index in [4.69, 9.17) is 14.2 Å². The van der Waals surface area contributed by atoms with Gasteiger partial charge in [0.25, 0.3) is 11.6 Å². The van der Waals surface area contributed by atoms with Crippen LogP contribution in [0, 0.1) is 21.7 Å². The van der Waals surface area contributed by atoms with Gasteiger partial charge in [0.15, 0.2) is 6.79 Å². The Morgan fingerprint density at radius 2 is 2.03 bits per heavy atom. The molecule has 0 unspecified atom stereocenters. The first-order chi connectivity index (χ1) is 14.8. The zero-order valence-corrected chi connectivity index (χ0v) is 16.2. The molecule has 2 aromatic carbocycles. The number of non-ortho nitro benzene ring substituents is 1. The van der Waals surface area contributed by atoms with Crippen molar-refractivity contribution >= 4 is 17.6 Å². The molecule has 0 aromatic heterocycles. The van der Waals surface area contributed by atoms with Crippen molar-refractivity contribution < 1.29 is 37.5 Å². The van der Waals surface area contributed by atoms with E-state index >= 15 is 0 Å². The molecule has 1 N–H and O–H groups in total. The number of ether oxygens (including phenoxy) is 3. The summed E-state index contributed by atoms with van der Waals surface area (Å²) in [5.41, 5.74) is 0.362. The maximum Gasteiger partial charge on any atom is 0.306 e. The average molecular weight is 436 g/mol. The molecule has 0 saturated heterocycles. The van der Waals surface area contributed by atoms with Gasteiger partial charge in [-0.05, 0) is 18.6 Å². The van der Waals surface area contributed by atoms with E-state index in [1.54, 1.807) is 0 Å². The lowest BCUT2D eigenvalue weighted by Crippen LogP contribution is -2.26. The highest BCUT2D eigenvalue weighted by atomic mass is 19.1. The Morgan fingerprint density at radius 1 is 1.23 bits per heavy atom. The Kier molecular flexibility index (Phi) is 7.08. The largest absolute Gasteiger partial charge is 0.467 e. The summed E-state index contributed by atoms with van der Waals surface area (Å²) in [5.74, 6) is -2.70. The third kappa shape index (κ3) is 5.72. The lowest BCUT2D eigenvalue weighted by molar-refractivity contribution is -0.385. The van der Waals surface area contributed by atoms with Crippen molar-refractivity contribution in [2.24, 2.45) is 0 Å². The van der Waals surface area contributed by atoms with Gasteiger partial charge in [0, 0.05) is 42.3 Å². The van der Waals surface area contributed by atoms with Gasteiger partial charge in [-0.25, -0.2) is 8.78 Å². The summed E-state index contributed by atoms with van der Waals surface area (Å²) in [4.78, 5) is 34.4. The Hall–Kier alpha value is -3.60. The number of carbonyl (C=O) groups excluding carboxylic acids is 2. The molecule has 2 aromatic rings. The smallest absolute Gasteiger partial charge is 0.306 e.